The van der Waals surface area contributed by atoms with E-state index in [1.807, 2.05) is 11.8 Å². The van der Waals surface area contributed by atoms with Crippen molar-refractivity contribution in [2.24, 2.45) is 0 Å². The van der Waals surface area contributed by atoms with Crippen LogP contribution in [-0.2, 0) is 0 Å². The van der Waals surface area contributed by atoms with Crippen LogP contribution in [0.5, 0.6) is 0 Å². The van der Waals surface area contributed by atoms with Crippen molar-refractivity contribution >= 4 is 11.8 Å². The second-order valence-electron chi connectivity index (χ2n) is 4.51. The van der Waals surface area contributed by atoms with Gasteiger partial charge >= 0.3 is 0 Å². The maximum absolute atomic E-state index is 2.29. The summed E-state index contributed by atoms with van der Waals surface area (Å²) in [5.74, 6) is 1.84. The summed E-state index contributed by atoms with van der Waals surface area (Å²) in [5, 5.41) is 0. The monoisotopic (exact) mass is 240 g/mol. The lowest BCUT2D eigenvalue weighted by Crippen LogP contribution is -1.97. The number of fused-ring (bicyclic) bond motifs is 3. The molecular formula is C16H16S. The highest BCUT2D eigenvalue weighted by Gasteiger charge is 2.26. The predicted octanol–water partition coefficient (Wildman–Crippen LogP) is 4.55. The van der Waals surface area contributed by atoms with Gasteiger partial charge in [0.15, 0.2) is 0 Å². The van der Waals surface area contributed by atoms with Crippen molar-refractivity contribution in [1.29, 1.82) is 0 Å². The molecule has 0 N–H and O–H groups in total. The van der Waals surface area contributed by atoms with Gasteiger partial charge in [-0.25, -0.2) is 0 Å². The second-order valence-corrected chi connectivity index (χ2v) is 5.49. The molecule has 0 aliphatic heterocycles. The molecule has 0 spiro atoms. The Morgan fingerprint density at radius 2 is 1.41 bits per heavy atom. The van der Waals surface area contributed by atoms with Gasteiger partial charge < -0.3 is 0 Å². The van der Waals surface area contributed by atoms with E-state index in [1.165, 1.54) is 34.4 Å². The van der Waals surface area contributed by atoms with Gasteiger partial charge in [0.25, 0.3) is 0 Å². The van der Waals surface area contributed by atoms with Crippen molar-refractivity contribution in [2.45, 2.75) is 12.3 Å². The average molecular weight is 240 g/mol. The Labute approximate surface area is 107 Å². The fraction of sp³-hybridized carbons (Fsp3) is 0.250. The van der Waals surface area contributed by atoms with Gasteiger partial charge in [-0.2, -0.15) is 11.8 Å². The molecule has 0 saturated carbocycles. The topological polar surface area (TPSA) is 0 Å². The summed E-state index contributed by atoms with van der Waals surface area (Å²) in [5.41, 5.74) is 5.91. The Kier molecular flexibility index (Phi) is 2.94. The summed E-state index contributed by atoms with van der Waals surface area (Å²) < 4.78 is 0. The smallest absolute Gasteiger partial charge is 0.0109 e. The van der Waals surface area contributed by atoms with Gasteiger partial charge in [-0.05, 0) is 40.7 Å². The number of hydrogen-bond acceptors (Lipinski definition) is 1. The lowest BCUT2D eigenvalue weighted by molar-refractivity contribution is 0.806. The Morgan fingerprint density at radius 1 is 0.882 bits per heavy atom. The van der Waals surface area contributed by atoms with E-state index in [4.69, 9.17) is 0 Å². The Morgan fingerprint density at radius 3 is 1.94 bits per heavy atom. The number of thioether (sulfide) groups is 1. The van der Waals surface area contributed by atoms with E-state index in [9.17, 15) is 0 Å². The highest BCUT2D eigenvalue weighted by molar-refractivity contribution is 7.98. The molecule has 86 valence electrons. The van der Waals surface area contributed by atoms with Crippen LogP contribution in [0.15, 0.2) is 48.5 Å². The van der Waals surface area contributed by atoms with Gasteiger partial charge in [0.2, 0.25) is 0 Å². The minimum Gasteiger partial charge on any atom is -0.165 e. The molecule has 0 atom stereocenters. The van der Waals surface area contributed by atoms with E-state index >= 15 is 0 Å². The zero-order chi connectivity index (χ0) is 11.7. The molecule has 1 aliphatic carbocycles. The molecular weight excluding hydrogens is 224 g/mol. The van der Waals surface area contributed by atoms with Crippen LogP contribution in [0.3, 0.4) is 0 Å². The summed E-state index contributed by atoms with van der Waals surface area (Å²) in [7, 11) is 0. The van der Waals surface area contributed by atoms with Gasteiger partial charge in [-0.3, -0.25) is 0 Å². The summed E-state index contributed by atoms with van der Waals surface area (Å²) >= 11 is 1.94. The van der Waals surface area contributed by atoms with Crippen LogP contribution in [0.25, 0.3) is 11.1 Å². The van der Waals surface area contributed by atoms with Gasteiger partial charge in [-0.1, -0.05) is 48.5 Å². The van der Waals surface area contributed by atoms with Crippen molar-refractivity contribution < 1.29 is 0 Å². The first kappa shape index (κ1) is 10.9. The molecule has 1 heteroatoms. The zero-order valence-corrected chi connectivity index (χ0v) is 10.8. The van der Waals surface area contributed by atoms with Crippen molar-refractivity contribution in [3.05, 3.63) is 59.7 Å². The third-order valence-electron chi connectivity index (χ3n) is 3.57. The van der Waals surface area contributed by atoms with Crippen molar-refractivity contribution in [3.63, 3.8) is 0 Å². The van der Waals surface area contributed by atoms with Crippen LogP contribution in [0, 0.1) is 0 Å². The van der Waals surface area contributed by atoms with E-state index < -0.39 is 0 Å². The number of rotatable bonds is 3. The summed E-state index contributed by atoms with van der Waals surface area (Å²) in [6.45, 7) is 0. The largest absolute Gasteiger partial charge is 0.165 e. The van der Waals surface area contributed by atoms with Crippen LogP contribution in [0.1, 0.15) is 23.5 Å². The summed E-state index contributed by atoms with van der Waals surface area (Å²) in [6, 6.07) is 17.7. The SMILES string of the molecule is CSCCC1c2ccccc2-c2ccccc21. The maximum atomic E-state index is 2.29. The molecule has 0 radical (unpaired) electrons. The first-order valence-electron chi connectivity index (χ1n) is 6.09. The van der Waals surface area contributed by atoms with Gasteiger partial charge in [-0.15, -0.1) is 0 Å². The van der Waals surface area contributed by atoms with Crippen LogP contribution in [0.2, 0.25) is 0 Å². The van der Waals surface area contributed by atoms with E-state index in [0.29, 0.717) is 5.92 Å². The third kappa shape index (κ3) is 1.79. The number of hydrogen-bond donors (Lipinski definition) is 0. The van der Waals surface area contributed by atoms with Crippen molar-refractivity contribution in [3.8, 4) is 11.1 Å². The molecule has 0 saturated heterocycles. The summed E-state index contributed by atoms with van der Waals surface area (Å²) in [6.07, 6.45) is 3.43. The molecule has 0 unspecified atom stereocenters. The minimum absolute atomic E-state index is 0.606. The summed E-state index contributed by atoms with van der Waals surface area (Å²) in [4.78, 5) is 0. The van der Waals surface area contributed by atoms with E-state index in [1.54, 1.807) is 0 Å². The molecule has 0 aromatic heterocycles. The highest BCUT2D eigenvalue weighted by atomic mass is 32.2. The molecule has 0 heterocycles. The number of benzene rings is 2. The Bertz CT molecular complexity index is 485. The molecule has 17 heavy (non-hydrogen) atoms. The zero-order valence-electron chi connectivity index (χ0n) is 10.0. The Balaban J connectivity index is 2.10. The molecule has 3 rings (SSSR count). The van der Waals surface area contributed by atoms with Gasteiger partial charge in [0, 0.05) is 5.92 Å². The molecule has 0 fully saturated rings. The quantitative estimate of drug-likeness (QED) is 0.758. The van der Waals surface area contributed by atoms with Crippen molar-refractivity contribution in [2.75, 3.05) is 12.0 Å². The first-order chi connectivity index (χ1) is 8.42. The maximum Gasteiger partial charge on any atom is 0.0109 e. The molecule has 2 aromatic carbocycles. The standard InChI is InChI=1S/C16H16S/c1-17-11-10-16-14-8-4-2-6-12(14)13-7-3-5-9-15(13)16/h2-9,16H,10-11H2,1H3. The van der Waals surface area contributed by atoms with Crippen LogP contribution >= 0.6 is 11.8 Å². The van der Waals surface area contributed by atoms with Crippen LogP contribution < -0.4 is 0 Å². The van der Waals surface area contributed by atoms with Crippen LogP contribution in [0.4, 0.5) is 0 Å². The fourth-order valence-corrected chi connectivity index (χ4v) is 3.28. The van der Waals surface area contributed by atoms with Crippen molar-refractivity contribution in [1.82, 2.24) is 0 Å². The third-order valence-corrected chi connectivity index (χ3v) is 4.22. The first-order valence-corrected chi connectivity index (χ1v) is 7.48. The second kappa shape index (κ2) is 4.58. The fourth-order valence-electron chi connectivity index (χ4n) is 2.81. The molecule has 2 aromatic rings. The van der Waals surface area contributed by atoms with E-state index in [0.717, 1.165) is 0 Å². The van der Waals surface area contributed by atoms with Gasteiger partial charge in [0.05, 0.1) is 0 Å². The van der Waals surface area contributed by atoms with E-state index in [2.05, 4.69) is 54.8 Å². The molecule has 1 aliphatic rings. The molecule has 0 amide bonds. The molecule has 0 bridgehead atoms. The Hall–Kier alpha value is -1.21. The molecule has 0 nitrogen and oxygen atoms in total. The lowest BCUT2D eigenvalue weighted by atomic mass is 9.94. The average Bonchev–Trinajstić information content (AvgIpc) is 2.71. The lowest BCUT2D eigenvalue weighted by Gasteiger charge is -2.12. The normalized spacial score (nSPS) is 13.5. The van der Waals surface area contributed by atoms with E-state index in [-0.39, 0.29) is 0 Å². The highest BCUT2D eigenvalue weighted by Crippen LogP contribution is 2.46. The minimum atomic E-state index is 0.606. The van der Waals surface area contributed by atoms with Gasteiger partial charge in [0.1, 0.15) is 0 Å². The van der Waals surface area contributed by atoms with Crippen LogP contribution in [-0.4, -0.2) is 12.0 Å². The predicted molar refractivity (Wildman–Crippen MR) is 76.7 cm³/mol.